The molecule has 0 N–H and O–H groups in total. The molecule has 3 heteroatoms. The van der Waals surface area contributed by atoms with Crippen molar-refractivity contribution in [1.29, 1.82) is 0 Å². The molecule has 0 amide bonds. The first-order valence-corrected chi connectivity index (χ1v) is 9.38. The third-order valence-electron chi connectivity index (χ3n) is 4.88. The molecule has 1 aliphatic heterocycles. The van der Waals surface area contributed by atoms with Gasteiger partial charge in [-0.25, -0.2) is 0 Å². The van der Waals surface area contributed by atoms with Gasteiger partial charge in [0.25, 0.3) is 0 Å². The monoisotopic (exact) mass is 373 g/mol. The maximum absolute atomic E-state index is 6.08. The molecule has 0 spiro atoms. The lowest BCUT2D eigenvalue weighted by atomic mass is 9.92. The fraction of sp³-hybridized carbons (Fsp3) is 0.167. The summed E-state index contributed by atoms with van der Waals surface area (Å²) in [5, 5.41) is 0.747. The summed E-state index contributed by atoms with van der Waals surface area (Å²) >= 11 is 6.08. The van der Waals surface area contributed by atoms with E-state index in [1.165, 1.54) is 11.1 Å². The van der Waals surface area contributed by atoms with Crippen molar-refractivity contribution in [1.82, 2.24) is 0 Å². The van der Waals surface area contributed by atoms with Gasteiger partial charge in [0, 0.05) is 22.8 Å². The van der Waals surface area contributed by atoms with Gasteiger partial charge in [0.1, 0.15) is 11.8 Å². The van der Waals surface area contributed by atoms with E-state index >= 15 is 0 Å². The van der Waals surface area contributed by atoms with E-state index in [-0.39, 0.29) is 6.04 Å². The van der Waals surface area contributed by atoms with Gasteiger partial charge in [0.05, 0.1) is 7.11 Å². The zero-order chi connectivity index (χ0) is 18.6. The Morgan fingerprint density at radius 1 is 0.963 bits per heavy atom. The lowest BCUT2D eigenvalue weighted by Crippen LogP contribution is -2.34. The van der Waals surface area contributed by atoms with Crippen molar-refractivity contribution in [2.45, 2.75) is 12.5 Å². The standard InChI is InChI=1S/C24H20ClNO/c1-27-22-13-6-18(7-14-22)8-15-24-23-5-3-2-4-19(23)16-17-26(24)21-11-9-20(25)10-12-21/h2-7,9-14,24H,16-17H2,1H3. The van der Waals surface area contributed by atoms with Crippen LogP contribution in [-0.2, 0) is 6.42 Å². The summed E-state index contributed by atoms with van der Waals surface area (Å²) in [6, 6.07) is 24.5. The Balaban J connectivity index is 1.72. The third kappa shape index (κ3) is 3.79. The second-order valence-electron chi connectivity index (χ2n) is 6.52. The highest BCUT2D eigenvalue weighted by Crippen LogP contribution is 2.34. The minimum atomic E-state index is 0.0122. The molecular weight excluding hydrogens is 354 g/mol. The molecule has 134 valence electrons. The number of methoxy groups -OCH3 is 1. The smallest absolute Gasteiger partial charge is 0.118 e. The van der Waals surface area contributed by atoms with E-state index in [1.807, 2.05) is 36.4 Å². The van der Waals surface area contributed by atoms with Crippen LogP contribution in [0.5, 0.6) is 5.75 Å². The number of hydrogen-bond donors (Lipinski definition) is 0. The Labute approximate surface area is 165 Å². The molecule has 0 saturated heterocycles. The van der Waals surface area contributed by atoms with Crippen molar-refractivity contribution < 1.29 is 4.74 Å². The van der Waals surface area contributed by atoms with Crippen LogP contribution in [-0.4, -0.2) is 13.7 Å². The van der Waals surface area contributed by atoms with E-state index in [4.69, 9.17) is 16.3 Å². The lowest BCUT2D eigenvalue weighted by Gasteiger charge is -2.36. The molecule has 1 heterocycles. The minimum Gasteiger partial charge on any atom is -0.497 e. The highest BCUT2D eigenvalue weighted by atomic mass is 35.5. The van der Waals surface area contributed by atoms with Gasteiger partial charge in [-0.3, -0.25) is 0 Å². The highest BCUT2D eigenvalue weighted by molar-refractivity contribution is 6.30. The second kappa shape index (κ2) is 7.78. The maximum Gasteiger partial charge on any atom is 0.118 e. The van der Waals surface area contributed by atoms with Crippen LogP contribution in [0, 0.1) is 11.8 Å². The molecular formula is C24H20ClNO. The molecule has 0 aliphatic carbocycles. The Morgan fingerprint density at radius 3 is 2.44 bits per heavy atom. The first-order chi connectivity index (χ1) is 13.2. The largest absolute Gasteiger partial charge is 0.497 e. The van der Waals surface area contributed by atoms with Crippen LogP contribution in [0.25, 0.3) is 0 Å². The summed E-state index contributed by atoms with van der Waals surface area (Å²) in [6.45, 7) is 0.931. The summed E-state index contributed by atoms with van der Waals surface area (Å²) in [6.07, 6.45) is 1.01. The van der Waals surface area contributed by atoms with Crippen molar-refractivity contribution in [3.63, 3.8) is 0 Å². The average molecular weight is 374 g/mol. The molecule has 1 unspecified atom stereocenters. The number of benzene rings is 3. The predicted molar refractivity (Wildman–Crippen MR) is 112 cm³/mol. The zero-order valence-electron chi connectivity index (χ0n) is 15.2. The SMILES string of the molecule is COc1ccc(C#CC2c3ccccc3CCN2c2ccc(Cl)cc2)cc1. The minimum absolute atomic E-state index is 0.0122. The number of fused-ring (bicyclic) bond motifs is 1. The fourth-order valence-corrected chi connectivity index (χ4v) is 3.58. The third-order valence-corrected chi connectivity index (χ3v) is 5.14. The molecule has 0 radical (unpaired) electrons. The van der Waals surface area contributed by atoms with Crippen molar-refractivity contribution in [3.8, 4) is 17.6 Å². The lowest BCUT2D eigenvalue weighted by molar-refractivity contribution is 0.415. The van der Waals surface area contributed by atoms with Crippen LogP contribution in [0.15, 0.2) is 72.8 Å². The molecule has 0 saturated carbocycles. The Bertz CT molecular complexity index is 983. The molecule has 4 rings (SSSR count). The molecule has 2 nitrogen and oxygen atoms in total. The maximum atomic E-state index is 6.08. The summed E-state index contributed by atoms with van der Waals surface area (Å²) in [4.78, 5) is 2.36. The van der Waals surface area contributed by atoms with Crippen LogP contribution >= 0.6 is 11.6 Å². The van der Waals surface area contributed by atoms with Crippen molar-refractivity contribution >= 4 is 17.3 Å². The number of hydrogen-bond acceptors (Lipinski definition) is 2. The molecule has 1 atom stereocenters. The molecule has 3 aromatic carbocycles. The van der Waals surface area contributed by atoms with Crippen molar-refractivity contribution in [2.24, 2.45) is 0 Å². The number of halogens is 1. The van der Waals surface area contributed by atoms with Crippen LogP contribution in [0.3, 0.4) is 0 Å². The normalized spacial score (nSPS) is 15.5. The van der Waals surface area contributed by atoms with Gasteiger partial charge >= 0.3 is 0 Å². The van der Waals surface area contributed by atoms with Gasteiger partial charge in [-0.2, -0.15) is 0 Å². The zero-order valence-corrected chi connectivity index (χ0v) is 15.9. The molecule has 27 heavy (non-hydrogen) atoms. The van der Waals surface area contributed by atoms with Crippen molar-refractivity contribution in [2.75, 3.05) is 18.6 Å². The predicted octanol–water partition coefficient (Wildman–Crippen LogP) is 5.50. The Hall–Kier alpha value is -2.89. The highest BCUT2D eigenvalue weighted by Gasteiger charge is 2.25. The summed E-state index contributed by atoms with van der Waals surface area (Å²) < 4.78 is 5.23. The van der Waals surface area contributed by atoms with Crippen molar-refractivity contribution in [3.05, 3.63) is 94.5 Å². The molecule has 3 aromatic rings. The second-order valence-corrected chi connectivity index (χ2v) is 6.96. The number of anilines is 1. The first kappa shape index (κ1) is 17.5. The number of ether oxygens (including phenoxy) is 1. The van der Waals surface area contributed by atoms with E-state index in [0.29, 0.717) is 0 Å². The van der Waals surface area contributed by atoms with E-state index in [0.717, 1.165) is 35.0 Å². The summed E-state index contributed by atoms with van der Waals surface area (Å²) in [5.74, 6) is 7.68. The number of nitrogens with zero attached hydrogens (tertiary/aromatic N) is 1. The van der Waals surface area contributed by atoms with Gasteiger partial charge in [0.2, 0.25) is 0 Å². The number of rotatable bonds is 2. The van der Waals surface area contributed by atoms with Gasteiger partial charge in [-0.15, -0.1) is 0 Å². The first-order valence-electron chi connectivity index (χ1n) is 9.00. The Kier molecular flexibility index (Phi) is 5.05. The topological polar surface area (TPSA) is 12.5 Å². The molecule has 0 bridgehead atoms. The molecule has 0 fully saturated rings. The fourth-order valence-electron chi connectivity index (χ4n) is 3.46. The van der Waals surface area contributed by atoms with Gasteiger partial charge in [-0.1, -0.05) is 47.7 Å². The molecule has 1 aliphatic rings. The summed E-state index contributed by atoms with van der Waals surface area (Å²) in [5.41, 5.74) is 4.77. The average Bonchev–Trinajstić information content (AvgIpc) is 2.73. The van der Waals surface area contributed by atoms with Crippen LogP contribution < -0.4 is 9.64 Å². The Morgan fingerprint density at radius 2 is 1.70 bits per heavy atom. The van der Waals surface area contributed by atoms with E-state index < -0.39 is 0 Å². The molecule has 0 aromatic heterocycles. The van der Waals surface area contributed by atoms with Gasteiger partial charge in [0.15, 0.2) is 0 Å². The quantitative estimate of drug-likeness (QED) is 0.549. The van der Waals surface area contributed by atoms with Crippen LogP contribution in [0.1, 0.15) is 22.7 Å². The van der Waals surface area contributed by atoms with E-state index in [2.05, 4.69) is 53.1 Å². The van der Waals surface area contributed by atoms with Crippen LogP contribution in [0.2, 0.25) is 5.02 Å². The van der Waals surface area contributed by atoms with Gasteiger partial charge in [-0.05, 0) is 66.1 Å². The van der Waals surface area contributed by atoms with Crippen LogP contribution in [0.4, 0.5) is 5.69 Å². The summed E-state index contributed by atoms with van der Waals surface area (Å²) in [7, 11) is 1.67. The van der Waals surface area contributed by atoms with E-state index in [9.17, 15) is 0 Å². The van der Waals surface area contributed by atoms with E-state index in [1.54, 1.807) is 7.11 Å². The van der Waals surface area contributed by atoms with Gasteiger partial charge < -0.3 is 9.64 Å².